The summed E-state index contributed by atoms with van der Waals surface area (Å²) in [5, 5.41) is 10.0. The second-order valence-electron chi connectivity index (χ2n) is 5.40. The Morgan fingerprint density at radius 3 is 2.60 bits per heavy atom. The van der Waals surface area contributed by atoms with E-state index in [2.05, 4.69) is 0 Å². The maximum atomic E-state index is 14.0. The number of benzene rings is 1. The van der Waals surface area contributed by atoms with Crippen LogP contribution >= 0.6 is 0 Å². The summed E-state index contributed by atoms with van der Waals surface area (Å²) in [6, 6.07) is 2.51. The number of β-amino-alcohol motifs (C(OH)–C–C–N with tert-alkyl or cyclic N) is 1. The molecule has 7 heteroatoms. The zero-order valence-corrected chi connectivity index (χ0v) is 12.4. The Bertz CT molecular complexity index is 625. The van der Waals surface area contributed by atoms with Gasteiger partial charge in [0.2, 0.25) is 10.0 Å². The highest BCUT2D eigenvalue weighted by atomic mass is 32.2. The van der Waals surface area contributed by atoms with Gasteiger partial charge in [0.05, 0.1) is 5.60 Å². The van der Waals surface area contributed by atoms with Crippen molar-refractivity contribution in [3.63, 3.8) is 0 Å². The van der Waals surface area contributed by atoms with Crippen LogP contribution in [0, 0.1) is 12.7 Å². The van der Waals surface area contributed by atoms with Crippen molar-refractivity contribution in [2.24, 2.45) is 0 Å². The number of hydrogen-bond donors (Lipinski definition) is 2. The quantitative estimate of drug-likeness (QED) is 0.820. The molecule has 1 aliphatic rings. The van der Waals surface area contributed by atoms with E-state index < -0.39 is 26.3 Å². The summed E-state index contributed by atoms with van der Waals surface area (Å²) in [6.07, 6.45) is 1.29. The Labute approximate surface area is 118 Å². The molecular formula is C13H19FN2O3S. The fraction of sp³-hybridized carbons (Fsp3) is 0.538. The van der Waals surface area contributed by atoms with Crippen molar-refractivity contribution >= 4 is 15.7 Å². The van der Waals surface area contributed by atoms with E-state index in [1.54, 1.807) is 0 Å². The molecule has 1 aromatic rings. The summed E-state index contributed by atoms with van der Waals surface area (Å²) in [6.45, 7) is 3.37. The van der Waals surface area contributed by atoms with Crippen LogP contribution in [0.4, 0.5) is 10.1 Å². The lowest BCUT2D eigenvalue weighted by Gasteiger charge is -2.45. The average Bonchev–Trinajstić information content (AvgIpc) is 2.30. The minimum absolute atomic E-state index is 0.00351. The van der Waals surface area contributed by atoms with E-state index in [9.17, 15) is 17.9 Å². The van der Waals surface area contributed by atoms with E-state index in [4.69, 9.17) is 5.73 Å². The van der Waals surface area contributed by atoms with E-state index in [1.165, 1.54) is 13.0 Å². The van der Waals surface area contributed by atoms with Gasteiger partial charge < -0.3 is 10.8 Å². The monoisotopic (exact) mass is 302 g/mol. The molecule has 0 unspecified atom stereocenters. The van der Waals surface area contributed by atoms with Crippen molar-refractivity contribution in [3.05, 3.63) is 23.5 Å². The minimum Gasteiger partial charge on any atom is -0.399 e. The Kier molecular flexibility index (Phi) is 3.79. The molecule has 0 amide bonds. The molecule has 1 heterocycles. The third kappa shape index (κ3) is 2.53. The highest BCUT2D eigenvalue weighted by molar-refractivity contribution is 7.89. The lowest BCUT2D eigenvalue weighted by atomic mass is 9.92. The van der Waals surface area contributed by atoms with Gasteiger partial charge >= 0.3 is 0 Å². The number of nitrogen functional groups attached to an aromatic ring is 1. The van der Waals surface area contributed by atoms with Gasteiger partial charge in [-0.1, -0.05) is 13.3 Å². The molecular weight excluding hydrogens is 283 g/mol. The summed E-state index contributed by atoms with van der Waals surface area (Å²) in [5.41, 5.74) is 4.98. The Hall–Kier alpha value is -1.18. The lowest BCUT2D eigenvalue weighted by Crippen LogP contribution is -2.63. The van der Waals surface area contributed by atoms with Crippen LogP contribution in [0.15, 0.2) is 17.0 Å². The Balaban J connectivity index is 2.30. The molecule has 0 saturated carbocycles. The van der Waals surface area contributed by atoms with E-state index in [0.29, 0.717) is 6.42 Å². The van der Waals surface area contributed by atoms with Crippen LogP contribution < -0.4 is 5.73 Å². The SMILES string of the molecule is CCCC1(O)CN(S(=O)(=O)c2cc(N)cc(C)c2F)C1. The van der Waals surface area contributed by atoms with Gasteiger partial charge in [-0.25, -0.2) is 12.8 Å². The topological polar surface area (TPSA) is 83.6 Å². The minimum atomic E-state index is -3.95. The van der Waals surface area contributed by atoms with Gasteiger partial charge in [0, 0.05) is 18.8 Å². The van der Waals surface area contributed by atoms with Crippen LogP contribution in [-0.2, 0) is 10.0 Å². The van der Waals surface area contributed by atoms with E-state index in [-0.39, 0.29) is 24.3 Å². The molecule has 112 valence electrons. The molecule has 1 aromatic carbocycles. The van der Waals surface area contributed by atoms with Crippen LogP contribution in [-0.4, -0.2) is 36.5 Å². The van der Waals surface area contributed by atoms with Gasteiger partial charge in [-0.2, -0.15) is 4.31 Å². The molecule has 2 rings (SSSR count). The van der Waals surface area contributed by atoms with E-state index in [1.807, 2.05) is 6.92 Å². The van der Waals surface area contributed by atoms with Crippen molar-refractivity contribution in [3.8, 4) is 0 Å². The first-order valence-corrected chi connectivity index (χ1v) is 7.92. The highest BCUT2D eigenvalue weighted by Gasteiger charge is 2.47. The van der Waals surface area contributed by atoms with E-state index in [0.717, 1.165) is 16.8 Å². The molecule has 0 radical (unpaired) electrons. The lowest BCUT2D eigenvalue weighted by molar-refractivity contribution is -0.0653. The van der Waals surface area contributed by atoms with Gasteiger partial charge in [0.25, 0.3) is 0 Å². The first-order chi connectivity index (χ1) is 9.19. The maximum absolute atomic E-state index is 14.0. The van der Waals surface area contributed by atoms with Gasteiger partial charge in [0.1, 0.15) is 10.7 Å². The van der Waals surface area contributed by atoms with Crippen LogP contribution in [0.1, 0.15) is 25.3 Å². The molecule has 0 bridgehead atoms. The number of aliphatic hydroxyl groups is 1. The van der Waals surface area contributed by atoms with Crippen LogP contribution in [0.25, 0.3) is 0 Å². The third-order valence-electron chi connectivity index (χ3n) is 3.52. The molecule has 1 saturated heterocycles. The predicted octanol–water partition coefficient (Wildman–Crippen LogP) is 1.25. The summed E-state index contributed by atoms with van der Waals surface area (Å²) in [7, 11) is -3.95. The zero-order chi connectivity index (χ0) is 15.1. The normalized spacial score (nSPS) is 18.8. The maximum Gasteiger partial charge on any atom is 0.246 e. The molecule has 0 aliphatic carbocycles. The molecule has 1 aliphatic heterocycles. The molecule has 1 fully saturated rings. The number of nitrogens with two attached hydrogens (primary N) is 1. The number of halogens is 1. The summed E-state index contributed by atoms with van der Waals surface area (Å²) in [4.78, 5) is -0.423. The zero-order valence-electron chi connectivity index (χ0n) is 11.6. The molecule has 0 atom stereocenters. The number of rotatable bonds is 4. The van der Waals surface area contributed by atoms with Gasteiger partial charge in [-0.05, 0) is 31.0 Å². The number of hydrogen-bond acceptors (Lipinski definition) is 4. The van der Waals surface area contributed by atoms with Gasteiger partial charge in [-0.15, -0.1) is 0 Å². The molecule has 0 aromatic heterocycles. The molecule has 20 heavy (non-hydrogen) atoms. The highest BCUT2D eigenvalue weighted by Crippen LogP contribution is 2.33. The van der Waals surface area contributed by atoms with Gasteiger partial charge in [-0.3, -0.25) is 0 Å². The number of sulfonamides is 1. The van der Waals surface area contributed by atoms with Crippen LogP contribution in [0.3, 0.4) is 0 Å². The van der Waals surface area contributed by atoms with Gasteiger partial charge in [0.15, 0.2) is 0 Å². The first-order valence-electron chi connectivity index (χ1n) is 6.48. The van der Waals surface area contributed by atoms with Crippen molar-refractivity contribution in [2.45, 2.75) is 37.2 Å². The fourth-order valence-corrected chi connectivity index (χ4v) is 4.27. The summed E-state index contributed by atoms with van der Waals surface area (Å²) < 4.78 is 39.8. The Morgan fingerprint density at radius 2 is 2.05 bits per heavy atom. The van der Waals surface area contributed by atoms with Crippen molar-refractivity contribution in [2.75, 3.05) is 18.8 Å². The summed E-state index contributed by atoms with van der Waals surface area (Å²) >= 11 is 0. The second kappa shape index (κ2) is 4.98. The van der Waals surface area contributed by atoms with Crippen molar-refractivity contribution in [1.82, 2.24) is 4.31 Å². The Morgan fingerprint density at radius 1 is 1.45 bits per heavy atom. The third-order valence-corrected chi connectivity index (χ3v) is 5.31. The van der Waals surface area contributed by atoms with E-state index >= 15 is 0 Å². The number of nitrogens with zero attached hydrogens (tertiary/aromatic N) is 1. The number of anilines is 1. The molecule has 0 spiro atoms. The average molecular weight is 302 g/mol. The van der Waals surface area contributed by atoms with Crippen LogP contribution in [0.5, 0.6) is 0 Å². The molecule has 5 nitrogen and oxygen atoms in total. The first kappa shape index (κ1) is 15.2. The smallest absolute Gasteiger partial charge is 0.246 e. The number of aryl methyl sites for hydroxylation is 1. The second-order valence-corrected chi connectivity index (χ2v) is 7.30. The summed E-state index contributed by atoms with van der Waals surface area (Å²) in [5.74, 6) is -0.787. The fourth-order valence-electron chi connectivity index (χ4n) is 2.49. The van der Waals surface area contributed by atoms with Crippen molar-refractivity contribution < 1.29 is 17.9 Å². The largest absolute Gasteiger partial charge is 0.399 e. The standard InChI is InChI=1S/C13H19FN2O3S/c1-3-4-13(17)7-16(8-13)20(18,19)11-6-10(15)5-9(2)12(11)14/h5-6,17H,3-4,7-8,15H2,1-2H3. The predicted molar refractivity (Wildman–Crippen MR) is 74.2 cm³/mol. The van der Waals surface area contributed by atoms with Crippen LogP contribution in [0.2, 0.25) is 0 Å². The van der Waals surface area contributed by atoms with Crippen molar-refractivity contribution in [1.29, 1.82) is 0 Å². The molecule has 3 N–H and O–H groups in total.